The van der Waals surface area contributed by atoms with Gasteiger partial charge in [0.15, 0.2) is 5.82 Å². The zero-order chi connectivity index (χ0) is 14.4. The lowest BCUT2D eigenvalue weighted by Gasteiger charge is -2.23. The SMILES string of the molecule is CCn1c(C2Cc3nc[nH]c3CN2)nc2c(F)cccc21. The fourth-order valence-corrected chi connectivity index (χ4v) is 3.08. The average molecular weight is 285 g/mol. The van der Waals surface area contributed by atoms with Gasteiger partial charge in [-0.05, 0) is 19.1 Å². The van der Waals surface area contributed by atoms with E-state index in [4.69, 9.17) is 0 Å². The van der Waals surface area contributed by atoms with Crippen LogP contribution in [0.15, 0.2) is 24.5 Å². The molecule has 1 aliphatic rings. The van der Waals surface area contributed by atoms with E-state index in [-0.39, 0.29) is 11.9 Å². The van der Waals surface area contributed by atoms with Crippen LogP contribution in [0.5, 0.6) is 0 Å². The fraction of sp³-hybridized carbons (Fsp3) is 0.333. The predicted molar refractivity (Wildman–Crippen MR) is 77.2 cm³/mol. The van der Waals surface area contributed by atoms with Gasteiger partial charge in [0.1, 0.15) is 11.3 Å². The second kappa shape index (κ2) is 4.66. The molecule has 3 aromatic rings. The quantitative estimate of drug-likeness (QED) is 0.759. The molecule has 0 saturated carbocycles. The van der Waals surface area contributed by atoms with Gasteiger partial charge < -0.3 is 14.9 Å². The number of nitrogens with one attached hydrogen (secondary N) is 2. The first-order valence-corrected chi connectivity index (χ1v) is 7.17. The van der Waals surface area contributed by atoms with Crippen molar-refractivity contribution in [3.63, 3.8) is 0 Å². The molecule has 108 valence electrons. The molecule has 0 fully saturated rings. The molecular formula is C15H16FN5. The lowest BCUT2D eigenvalue weighted by molar-refractivity contribution is 0.452. The number of hydrogen-bond donors (Lipinski definition) is 2. The highest BCUT2D eigenvalue weighted by Crippen LogP contribution is 2.27. The van der Waals surface area contributed by atoms with Crippen LogP contribution in [-0.4, -0.2) is 19.5 Å². The third-order valence-corrected chi connectivity index (χ3v) is 4.12. The minimum atomic E-state index is -0.266. The molecular weight excluding hydrogens is 269 g/mol. The van der Waals surface area contributed by atoms with Crippen LogP contribution in [0.3, 0.4) is 0 Å². The monoisotopic (exact) mass is 285 g/mol. The van der Waals surface area contributed by atoms with E-state index in [0.717, 1.165) is 42.2 Å². The molecule has 2 aromatic heterocycles. The average Bonchev–Trinajstić information content (AvgIpc) is 3.10. The summed E-state index contributed by atoms with van der Waals surface area (Å²) in [6, 6.07) is 5.17. The Labute approximate surface area is 121 Å². The van der Waals surface area contributed by atoms with Crippen molar-refractivity contribution in [3.05, 3.63) is 47.6 Å². The van der Waals surface area contributed by atoms with Gasteiger partial charge in [0.2, 0.25) is 0 Å². The summed E-state index contributed by atoms with van der Waals surface area (Å²) in [5, 5.41) is 3.46. The first kappa shape index (κ1) is 12.5. The fourth-order valence-electron chi connectivity index (χ4n) is 3.08. The van der Waals surface area contributed by atoms with Crippen molar-refractivity contribution in [2.45, 2.75) is 32.5 Å². The summed E-state index contributed by atoms with van der Waals surface area (Å²) >= 11 is 0. The van der Waals surface area contributed by atoms with E-state index in [2.05, 4.69) is 31.8 Å². The topological polar surface area (TPSA) is 58.5 Å². The number of H-pyrrole nitrogens is 1. The van der Waals surface area contributed by atoms with E-state index in [1.165, 1.54) is 6.07 Å². The Hall–Kier alpha value is -2.21. The number of aryl methyl sites for hydroxylation is 1. The van der Waals surface area contributed by atoms with Crippen LogP contribution < -0.4 is 5.32 Å². The molecule has 1 unspecified atom stereocenters. The van der Waals surface area contributed by atoms with Gasteiger partial charge in [-0.25, -0.2) is 14.4 Å². The highest BCUT2D eigenvalue weighted by atomic mass is 19.1. The van der Waals surface area contributed by atoms with Crippen molar-refractivity contribution >= 4 is 11.0 Å². The summed E-state index contributed by atoms with van der Waals surface area (Å²) in [5.74, 6) is 0.614. The highest BCUT2D eigenvalue weighted by Gasteiger charge is 2.26. The van der Waals surface area contributed by atoms with Crippen molar-refractivity contribution in [1.29, 1.82) is 0 Å². The molecule has 0 aliphatic carbocycles. The second-order valence-electron chi connectivity index (χ2n) is 5.29. The summed E-state index contributed by atoms with van der Waals surface area (Å²) in [5.41, 5.74) is 3.48. The van der Waals surface area contributed by atoms with Crippen LogP contribution in [0.4, 0.5) is 4.39 Å². The number of aromatic amines is 1. The lowest BCUT2D eigenvalue weighted by Crippen LogP contribution is -2.30. The van der Waals surface area contributed by atoms with Crippen LogP contribution >= 0.6 is 0 Å². The molecule has 0 radical (unpaired) electrons. The van der Waals surface area contributed by atoms with Gasteiger partial charge in [0, 0.05) is 19.5 Å². The van der Waals surface area contributed by atoms with E-state index < -0.39 is 0 Å². The Kier molecular flexibility index (Phi) is 2.78. The molecule has 5 nitrogen and oxygen atoms in total. The maximum absolute atomic E-state index is 14.0. The first-order chi connectivity index (χ1) is 10.3. The number of aromatic nitrogens is 4. The number of fused-ring (bicyclic) bond motifs is 2. The van der Waals surface area contributed by atoms with Crippen LogP contribution in [0.25, 0.3) is 11.0 Å². The van der Waals surface area contributed by atoms with Crippen molar-refractivity contribution in [2.24, 2.45) is 0 Å². The Balaban J connectivity index is 1.82. The number of hydrogen-bond acceptors (Lipinski definition) is 3. The third kappa shape index (κ3) is 1.86. The lowest BCUT2D eigenvalue weighted by atomic mass is 10.0. The highest BCUT2D eigenvalue weighted by molar-refractivity contribution is 5.76. The van der Waals surface area contributed by atoms with Gasteiger partial charge in [0.25, 0.3) is 0 Å². The Morgan fingerprint density at radius 2 is 2.33 bits per heavy atom. The van der Waals surface area contributed by atoms with Gasteiger partial charge in [-0.15, -0.1) is 0 Å². The van der Waals surface area contributed by atoms with Crippen LogP contribution in [0.2, 0.25) is 0 Å². The molecule has 3 heterocycles. The molecule has 0 amide bonds. The molecule has 4 rings (SSSR count). The van der Waals surface area contributed by atoms with Crippen molar-refractivity contribution in [3.8, 4) is 0 Å². The second-order valence-corrected chi connectivity index (χ2v) is 5.29. The molecule has 2 N–H and O–H groups in total. The van der Waals surface area contributed by atoms with Gasteiger partial charge in [0.05, 0.1) is 29.3 Å². The number of rotatable bonds is 2. The third-order valence-electron chi connectivity index (χ3n) is 4.12. The Morgan fingerprint density at radius 1 is 1.43 bits per heavy atom. The largest absolute Gasteiger partial charge is 0.347 e. The van der Waals surface area contributed by atoms with Crippen LogP contribution in [0.1, 0.15) is 30.2 Å². The van der Waals surface area contributed by atoms with E-state index in [1.54, 1.807) is 12.4 Å². The minimum Gasteiger partial charge on any atom is -0.347 e. The van der Waals surface area contributed by atoms with Gasteiger partial charge >= 0.3 is 0 Å². The van der Waals surface area contributed by atoms with Crippen molar-refractivity contribution in [1.82, 2.24) is 24.8 Å². The van der Waals surface area contributed by atoms with Crippen LogP contribution in [-0.2, 0) is 19.5 Å². The van der Waals surface area contributed by atoms with Gasteiger partial charge in [-0.2, -0.15) is 0 Å². The number of imidazole rings is 2. The van der Waals surface area contributed by atoms with Gasteiger partial charge in [-0.3, -0.25) is 0 Å². The molecule has 0 spiro atoms. The number of benzene rings is 1. The molecule has 0 saturated heterocycles. The Bertz CT molecular complexity index is 804. The summed E-state index contributed by atoms with van der Waals surface area (Å²) in [7, 11) is 0. The predicted octanol–water partition coefficient (Wildman–Crippen LogP) is 2.31. The first-order valence-electron chi connectivity index (χ1n) is 7.17. The molecule has 1 aromatic carbocycles. The summed E-state index contributed by atoms with van der Waals surface area (Å²) in [6.45, 7) is 3.55. The number of halogens is 1. The molecule has 21 heavy (non-hydrogen) atoms. The van der Waals surface area contributed by atoms with E-state index in [9.17, 15) is 4.39 Å². The molecule has 6 heteroatoms. The molecule has 0 bridgehead atoms. The number of nitrogens with zero attached hydrogens (tertiary/aromatic N) is 3. The zero-order valence-electron chi connectivity index (χ0n) is 11.7. The van der Waals surface area contributed by atoms with Crippen molar-refractivity contribution < 1.29 is 4.39 Å². The summed E-state index contributed by atoms with van der Waals surface area (Å²) < 4.78 is 16.0. The zero-order valence-corrected chi connectivity index (χ0v) is 11.7. The standard InChI is InChI=1S/C15H16FN5/c1-2-21-13-5-3-4-9(16)14(13)20-15(21)11-6-10-12(7-17-11)19-8-18-10/h3-5,8,11,17H,2,6-7H2,1H3,(H,18,19). The maximum atomic E-state index is 14.0. The molecule has 1 aliphatic heterocycles. The smallest absolute Gasteiger partial charge is 0.151 e. The summed E-state index contributed by atoms with van der Waals surface area (Å²) in [6.07, 6.45) is 2.49. The van der Waals surface area contributed by atoms with Crippen LogP contribution in [0, 0.1) is 5.82 Å². The maximum Gasteiger partial charge on any atom is 0.151 e. The van der Waals surface area contributed by atoms with Gasteiger partial charge in [-0.1, -0.05) is 6.07 Å². The van der Waals surface area contributed by atoms with Crippen molar-refractivity contribution in [2.75, 3.05) is 0 Å². The van der Waals surface area contributed by atoms with E-state index in [0.29, 0.717) is 5.52 Å². The number of para-hydroxylation sites is 1. The van der Waals surface area contributed by atoms with E-state index in [1.807, 2.05) is 6.07 Å². The molecule has 1 atom stereocenters. The minimum absolute atomic E-state index is 0.0625. The normalized spacial score (nSPS) is 18.1. The van der Waals surface area contributed by atoms with E-state index >= 15 is 0 Å². The Morgan fingerprint density at radius 3 is 3.19 bits per heavy atom. The summed E-state index contributed by atoms with van der Waals surface area (Å²) in [4.78, 5) is 12.0.